The van der Waals surface area contributed by atoms with E-state index in [4.69, 9.17) is 20.3 Å². The van der Waals surface area contributed by atoms with E-state index in [1.165, 1.54) is 19.2 Å². The third kappa shape index (κ3) is 5.81. The van der Waals surface area contributed by atoms with Gasteiger partial charge in [-0.05, 0) is 43.5 Å². The van der Waals surface area contributed by atoms with Gasteiger partial charge >= 0.3 is 0 Å². The number of pyridine rings is 1. The van der Waals surface area contributed by atoms with Crippen LogP contribution in [0, 0.1) is 12.7 Å². The number of fused-ring (bicyclic) bond motifs is 1. The third-order valence-corrected chi connectivity index (χ3v) is 6.86. The van der Waals surface area contributed by atoms with Gasteiger partial charge in [-0.25, -0.2) is 24.8 Å². The van der Waals surface area contributed by atoms with Crippen molar-refractivity contribution in [3.8, 4) is 17.1 Å². The fourth-order valence-electron chi connectivity index (χ4n) is 4.91. The van der Waals surface area contributed by atoms with Crippen molar-refractivity contribution in [1.82, 2.24) is 25.3 Å². The standard InChI is InChI=1S/C27H30FN7O4/c1-15-25-22(33-27(29)30-15)13-21(32-26(25)34-39-14-24(37)35-10-8-17(36)9-11-35)18-7-6-16(28)12-19(18)20-4-3-5-23(31-20)38-2/h3-7,12,17,21,36H,8-11,13-14H2,1-2H3,(H,32,34)(H2,29,30,33)/t21-/m1/s1. The molecule has 4 N–H and O–H groups in total. The number of aliphatic hydroxyl groups excluding tert-OH is 1. The number of aliphatic hydroxyl groups is 1. The van der Waals surface area contributed by atoms with Gasteiger partial charge < -0.3 is 20.5 Å². The molecule has 0 aliphatic carbocycles. The molecule has 1 aromatic carbocycles. The van der Waals surface area contributed by atoms with Crippen LogP contribution < -0.4 is 16.0 Å². The zero-order chi connectivity index (χ0) is 27.5. The molecule has 2 aliphatic rings. The Hall–Kier alpha value is -4.16. The Morgan fingerprint density at radius 3 is 2.77 bits per heavy atom. The van der Waals surface area contributed by atoms with Gasteiger partial charge in [-0.15, -0.1) is 0 Å². The van der Waals surface area contributed by atoms with Crippen LogP contribution in [0.4, 0.5) is 10.3 Å². The molecule has 0 bridgehead atoms. The highest BCUT2D eigenvalue weighted by atomic mass is 19.1. The number of aryl methyl sites for hydroxylation is 1. The Labute approximate surface area is 224 Å². The van der Waals surface area contributed by atoms with Crippen molar-refractivity contribution in [2.45, 2.75) is 38.3 Å². The summed E-state index contributed by atoms with van der Waals surface area (Å²) >= 11 is 0. The summed E-state index contributed by atoms with van der Waals surface area (Å²) in [4.78, 5) is 38.0. The Morgan fingerprint density at radius 2 is 2.00 bits per heavy atom. The van der Waals surface area contributed by atoms with Gasteiger partial charge in [0.05, 0.1) is 41.9 Å². The Morgan fingerprint density at radius 1 is 1.21 bits per heavy atom. The molecule has 11 nitrogen and oxygen atoms in total. The van der Waals surface area contributed by atoms with Crippen molar-refractivity contribution < 1.29 is 23.9 Å². The lowest BCUT2D eigenvalue weighted by molar-refractivity contribution is -0.139. The molecule has 1 saturated heterocycles. The number of likely N-dealkylation sites (tertiary alicyclic amines) is 1. The molecule has 2 aromatic heterocycles. The molecule has 5 rings (SSSR count). The molecule has 2 aliphatic heterocycles. The molecular weight excluding hydrogens is 505 g/mol. The van der Waals surface area contributed by atoms with Gasteiger partial charge in [0.2, 0.25) is 11.8 Å². The highest BCUT2D eigenvalue weighted by Gasteiger charge is 2.29. The molecule has 39 heavy (non-hydrogen) atoms. The first kappa shape index (κ1) is 26.4. The Bertz CT molecular complexity index is 1410. The Balaban J connectivity index is 1.45. The fourth-order valence-corrected chi connectivity index (χ4v) is 4.91. The van der Waals surface area contributed by atoms with E-state index in [0.29, 0.717) is 72.3 Å². The van der Waals surface area contributed by atoms with E-state index < -0.39 is 11.9 Å². The van der Waals surface area contributed by atoms with Crippen LogP contribution in [0.15, 0.2) is 41.4 Å². The second kappa shape index (κ2) is 11.3. The van der Waals surface area contributed by atoms with Gasteiger partial charge in [0.25, 0.3) is 5.91 Å². The maximum absolute atomic E-state index is 14.4. The molecule has 1 amide bonds. The average Bonchev–Trinajstić information content (AvgIpc) is 2.92. The van der Waals surface area contributed by atoms with Gasteiger partial charge in [0, 0.05) is 31.1 Å². The van der Waals surface area contributed by atoms with Crippen LogP contribution >= 0.6 is 0 Å². The number of rotatable bonds is 6. The maximum Gasteiger partial charge on any atom is 0.251 e. The lowest BCUT2D eigenvalue weighted by Gasteiger charge is -2.29. The first-order chi connectivity index (χ1) is 18.8. The van der Waals surface area contributed by atoms with Gasteiger partial charge in [-0.1, -0.05) is 12.1 Å². The number of nitrogens with one attached hydrogen (secondary N) is 1. The highest BCUT2D eigenvalue weighted by Crippen LogP contribution is 2.36. The summed E-state index contributed by atoms with van der Waals surface area (Å²) in [6.07, 6.45) is 1.09. The molecule has 0 radical (unpaired) electrons. The number of benzene rings is 1. The fraction of sp³-hybridized carbons (Fsp3) is 0.370. The summed E-state index contributed by atoms with van der Waals surface area (Å²) in [6.45, 7) is 2.53. The second-order valence-electron chi connectivity index (χ2n) is 9.49. The molecule has 1 atom stereocenters. The monoisotopic (exact) mass is 535 g/mol. The molecular formula is C27H30FN7O4. The minimum Gasteiger partial charge on any atom is -0.481 e. The van der Waals surface area contributed by atoms with Crippen LogP contribution in [0.25, 0.3) is 11.3 Å². The second-order valence-corrected chi connectivity index (χ2v) is 9.49. The van der Waals surface area contributed by atoms with Crippen molar-refractivity contribution in [2.24, 2.45) is 4.99 Å². The molecule has 0 unspecified atom stereocenters. The number of nitrogens with zero attached hydrogens (tertiary/aromatic N) is 5. The number of methoxy groups -OCH3 is 1. The molecule has 3 aromatic rings. The smallest absolute Gasteiger partial charge is 0.251 e. The van der Waals surface area contributed by atoms with Crippen molar-refractivity contribution in [3.63, 3.8) is 0 Å². The number of aliphatic imine (C=N–C) groups is 1. The van der Waals surface area contributed by atoms with Crippen molar-refractivity contribution >= 4 is 17.7 Å². The number of hydrogen-bond acceptors (Lipinski definition) is 10. The molecule has 4 heterocycles. The zero-order valence-corrected chi connectivity index (χ0v) is 21.7. The lowest BCUT2D eigenvalue weighted by atomic mass is 9.91. The normalized spacial score (nSPS) is 17.4. The van der Waals surface area contributed by atoms with Crippen molar-refractivity contribution in [1.29, 1.82) is 0 Å². The zero-order valence-electron chi connectivity index (χ0n) is 21.7. The summed E-state index contributed by atoms with van der Waals surface area (Å²) in [6, 6.07) is 9.26. The molecule has 204 valence electrons. The van der Waals surface area contributed by atoms with Gasteiger partial charge in [-0.3, -0.25) is 14.6 Å². The van der Waals surface area contributed by atoms with Crippen LogP contribution in [0.2, 0.25) is 0 Å². The van der Waals surface area contributed by atoms with Crippen LogP contribution in [0.5, 0.6) is 5.88 Å². The summed E-state index contributed by atoms with van der Waals surface area (Å²) in [5, 5.41) is 9.70. The molecule has 1 fully saturated rings. The van der Waals surface area contributed by atoms with Crippen LogP contribution in [-0.4, -0.2) is 69.6 Å². The van der Waals surface area contributed by atoms with E-state index in [0.717, 1.165) is 5.56 Å². The van der Waals surface area contributed by atoms with E-state index in [9.17, 15) is 14.3 Å². The first-order valence-corrected chi connectivity index (χ1v) is 12.7. The van der Waals surface area contributed by atoms with E-state index in [1.54, 1.807) is 36.1 Å². The average molecular weight is 536 g/mol. The number of halogens is 1. The van der Waals surface area contributed by atoms with Crippen LogP contribution in [0.3, 0.4) is 0 Å². The number of nitrogens with two attached hydrogens (primary N) is 1. The minimum absolute atomic E-state index is 0.128. The Kier molecular flexibility index (Phi) is 7.66. The summed E-state index contributed by atoms with van der Waals surface area (Å²) in [5.41, 5.74) is 12.5. The van der Waals surface area contributed by atoms with E-state index in [-0.39, 0.29) is 24.6 Å². The number of amides is 1. The molecule has 0 saturated carbocycles. The van der Waals surface area contributed by atoms with Crippen LogP contribution in [-0.2, 0) is 16.1 Å². The first-order valence-electron chi connectivity index (χ1n) is 12.7. The quantitative estimate of drug-likeness (QED) is 0.404. The number of aromatic nitrogens is 3. The summed E-state index contributed by atoms with van der Waals surface area (Å²) in [5.74, 6) is 0.266. The van der Waals surface area contributed by atoms with Crippen molar-refractivity contribution in [2.75, 3.05) is 32.5 Å². The van der Waals surface area contributed by atoms with E-state index >= 15 is 0 Å². The summed E-state index contributed by atoms with van der Waals surface area (Å²) in [7, 11) is 1.52. The minimum atomic E-state index is -0.486. The largest absolute Gasteiger partial charge is 0.481 e. The number of carbonyl (C=O) groups excluding carboxylic acids is 1. The number of nitrogen functional groups attached to an aromatic ring is 1. The molecule has 12 heteroatoms. The number of hydroxylamine groups is 1. The van der Waals surface area contributed by atoms with Crippen LogP contribution in [0.1, 0.15) is 41.4 Å². The lowest BCUT2D eigenvalue weighted by Crippen LogP contribution is -2.43. The topological polar surface area (TPSA) is 148 Å². The predicted molar refractivity (Wildman–Crippen MR) is 141 cm³/mol. The number of ether oxygens (including phenoxy) is 1. The van der Waals surface area contributed by atoms with Gasteiger partial charge in [-0.2, -0.15) is 0 Å². The van der Waals surface area contributed by atoms with Crippen molar-refractivity contribution in [3.05, 3.63) is 64.7 Å². The van der Waals surface area contributed by atoms with E-state index in [2.05, 4.69) is 20.4 Å². The maximum atomic E-state index is 14.4. The van der Waals surface area contributed by atoms with Gasteiger partial charge in [0.15, 0.2) is 12.4 Å². The number of carbonyl (C=O) groups is 1. The highest BCUT2D eigenvalue weighted by molar-refractivity contribution is 6.01. The number of anilines is 1. The van der Waals surface area contributed by atoms with E-state index in [1.807, 2.05) is 0 Å². The number of amidine groups is 1. The predicted octanol–water partition coefficient (Wildman–Crippen LogP) is 2.13. The third-order valence-electron chi connectivity index (χ3n) is 6.86. The van der Waals surface area contributed by atoms with Gasteiger partial charge in [0.1, 0.15) is 5.82 Å². The number of hydrogen-bond donors (Lipinski definition) is 3. The molecule has 0 spiro atoms. The number of piperidine rings is 1. The SMILES string of the molecule is COc1cccc(-c2cc(F)ccc2[C@H]2Cc3nc(N)nc(C)c3C(NOCC(=O)N3CCC(O)CC3)=N2)n1. The summed E-state index contributed by atoms with van der Waals surface area (Å²) < 4.78 is 19.7.